The first-order chi connectivity index (χ1) is 14.1. The number of rotatable bonds is 13. The number of benzene rings is 2. The summed E-state index contributed by atoms with van der Waals surface area (Å²) in [6, 6.07) is 24.9. The largest absolute Gasteiger partial charge is 0.429 e. The molecule has 160 valence electrons. The van der Waals surface area contributed by atoms with Crippen LogP contribution >= 0.6 is 15.9 Å². The van der Waals surface area contributed by atoms with Crippen LogP contribution in [-0.2, 0) is 8.54 Å². The highest BCUT2D eigenvalue weighted by Gasteiger charge is 2.49. The second kappa shape index (κ2) is 12.2. The lowest BCUT2D eigenvalue weighted by Gasteiger charge is -2.42. The summed E-state index contributed by atoms with van der Waals surface area (Å²) in [5, 5.41) is 3.50. The van der Waals surface area contributed by atoms with Crippen LogP contribution in [0.1, 0.15) is 47.0 Å². The molecule has 2 aromatic rings. The molecular weight excluding hydrogens is 456 g/mol. The minimum atomic E-state index is -2.82. The molecule has 0 amide bonds. The van der Waals surface area contributed by atoms with E-state index in [1.54, 1.807) is 0 Å². The molecule has 0 unspecified atom stereocenters. The van der Waals surface area contributed by atoms with E-state index in [9.17, 15) is 0 Å². The lowest BCUT2D eigenvalue weighted by molar-refractivity contribution is 0.168. The Balaban J connectivity index is 2.56. The molecule has 0 bridgehead atoms. The van der Waals surface area contributed by atoms with Crippen molar-refractivity contribution in [2.45, 2.75) is 71.2 Å². The Kier molecular flexibility index (Phi) is 10.3. The van der Waals surface area contributed by atoms with Gasteiger partial charge >= 0.3 is 8.56 Å². The Labute approximate surface area is 188 Å². The Hall–Kier alpha value is -0.726. The summed E-state index contributed by atoms with van der Waals surface area (Å²) in [5.74, 6) is 0. The van der Waals surface area contributed by atoms with Gasteiger partial charge in [0.1, 0.15) is 0 Å². The van der Waals surface area contributed by atoms with Crippen molar-refractivity contribution in [1.29, 1.82) is 0 Å². The molecule has 0 N–H and O–H groups in total. The standard InChI is InChI=1S/C24H37BrO2Si2/c1-5-28(6-2,7-3)27-29(23-17-10-8-11-18-23,24-19-12-9-13-20-24)26-22(4)16-14-15-21-25/h8-13,17-20,22H,5-7,14-16,21H2,1-4H3/t22-/m1/s1. The summed E-state index contributed by atoms with van der Waals surface area (Å²) in [6.07, 6.45) is 3.57. The van der Waals surface area contributed by atoms with Gasteiger partial charge in [0.2, 0.25) is 0 Å². The third-order valence-corrected chi connectivity index (χ3v) is 16.2. The summed E-state index contributed by atoms with van der Waals surface area (Å²) in [4.78, 5) is 0. The van der Waals surface area contributed by atoms with E-state index in [0.717, 1.165) is 29.9 Å². The number of alkyl halides is 1. The number of unbranched alkanes of at least 4 members (excludes halogenated alkanes) is 1. The van der Waals surface area contributed by atoms with Crippen LogP contribution in [0.4, 0.5) is 0 Å². The molecule has 0 heterocycles. The lowest BCUT2D eigenvalue weighted by Crippen LogP contribution is -2.68. The van der Waals surface area contributed by atoms with Gasteiger partial charge in [-0.1, -0.05) is 104 Å². The molecule has 0 saturated carbocycles. The minimum absolute atomic E-state index is 0.165. The fourth-order valence-electron chi connectivity index (χ4n) is 3.90. The van der Waals surface area contributed by atoms with Crippen LogP contribution in [-0.4, -0.2) is 28.3 Å². The van der Waals surface area contributed by atoms with Gasteiger partial charge in [0.15, 0.2) is 8.32 Å². The quantitative estimate of drug-likeness (QED) is 0.187. The molecule has 2 rings (SSSR count). The summed E-state index contributed by atoms with van der Waals surface area (Å²) in [7, 11) is -4.71. The SMILES string of the molecule is CC[Si](CC)(CC)O[Si](O[C@H](C)CCCCBr)(c1ccccc1)c1ccccc1. The van der Waals surface area contributed by atoms with Crippen LogP contribution in [0.2, 0.25) is 18.1 Å². The van der Waals surface area contributed by atoms with E-state index < -0.39 is 16.9 Å². The van der Waals surface area contributed by atoms with Gasteiger partial charge in [-0.05, 0) is 48.3 Å². The summed E-state index contributed by atoms with van der Waals surface area (Å²) < 4.78 is 14.4. The number of hydrogen-bond acceptors (Lipinski definition) is 2. The maximum Gasteiger partial charge on any atom is 0.397 e. The van der Waals surface area contributed by atoms with Gasteiger partial charge in [-0.2, -0.15) is 0 Å². The van der Waals surface area contributed by atoms with E-state index in [-0.39, 0.29) is 6.10 Å². The second-order valence-electron chi connectivity index (χ2n) is 7.81. The Morgan fingerprint density at radius 2 is 1.28 bits per heavy atom. The molecule has 0 fully saturated rings. The van der Waals surface area contributed by atoms with Crippen LogP contribution in [0.25, 0.3) is 0 Å². The summed E-state index contributed by atoms with van der Waals surface area (Å²) >= 11 is 3.55. The zero-order valence-electron chi connectivity index (χ0n) is 18.5. The van der Waals surface area contributed by atoms with E-state index in [1.165, 1.54) is 23.2 Å². The highest BCUT2D eigenvalue weighted by Crippen LogP contribution is 2.28. The Bertz CT molecular complexity index is 645. The number of hydrogen-bond donors (Lipinski definition) is 0. The van der Waals surface area contributed by atoms with Gasteiger partial charge in [-0.25, -0.2) is 0 Å². The zero-order valence-corrected chi connectivity index (χ0v) is 22.1. The molecule has 1 atom stereocenters. The summed E-state index contributed by atoms with van der Waals surface area (Å²) in [6.45, 7) is 9.12. The molecular formula is C24H37BrO2Si2. The summed E-state index contributed by atoms with van der Waals surface area (Å²) in [5.41, 5.74) is 0. The molecule has 0 aliphatic rings. The molecule has 29 heavy (non-hydrogen) atoms. The van der Waals surface area contributed by atoms with Crippen molar-refractivity contribution in [3.05, 3.63) is 60.7 Å². The van der Waals surface area contributed by atoms with Crippen LogP contribution < -0.4 is 10.4 Å². The van der Waals surface area contributed by atoms with Crippen molar-refractivity contribution in [3.8, 4) is 0 Å². The molecule has 0 aliphatic carbocycles. The molecule has 5 heteroatoms. The van der Waals surface area contributed by atoms with Crippen molar-refractivity contribution in [3.63, 3.8) is 0 Å². The smallest absolute Gasteiger partial charge is 0.397 e. The third kappa shape index (κ3) is 6.38. The van der Waals surface area contributed by atoms with Crippen LogP contribution in [0.3, 0.4) is 0 Å². The molecule has 0 saturated heterocycles. The van der Waals surface area contributed by atoms with E-state index in [4.69, 9.17) is 8.54 Å². The maximum absolute atomic E-state index is 7.37. The van der Waals surface area contributed by atoms with Crippen molar-refractivity contribution in [1.82, 2.24) is 0 Å². The predicted octanol–water partition coefficient (Wildman–Crippen LogP) is 6.24. The van der Waals surface area contributed by atoms with E-state index in [2.05, 4.69) is 104 Å². The molecule has 2 nitrogen and oxygen atoms in total. The van der Waals surface area contributed by atoms with Gasteiger partial charge in [0, 0.05) is 11.4 Å². The second-order valence-corrected chi connectivity index (χ2v) is 16.5. The fraction of sp³-hybridized carbons (Fsp3) is 0.500. The third-order valence-electron chi connectivity index (χ3n) is 5.96. The molecule has 0 radical (unpaired) electrons. The van der Waals surface area contributed by atoms with Crippen molar-refractivity contribution in [2.75, 3.05) is 5.33 Å². The fourth-order valence-corrected chi connectivity index (χ4v) is 13.7. The van der Waals surface area contributed by atoms with E-state index >= 15 is 0 Å². The first-order valence-electron chi connectivity index (χ1n) is 11.1. The van der Waals surface area contributed by atoms with E-state index in [0.29, 0.717) is 0 Å². The van der Waals surface area contributed by atoms with Crippen LogP contribution in [0, 0.1) is 0 Å². The first-order valence-corrected chi connectivity index (χ1v) is 16.6. The lowest BCUT2D eigenvalue weighted by atomic mass is 10.2. The van der Waals surface area contributed by atoms with Gasteiger partial charge < -0.3 is 8.54 Å². The average Bonchev–Trinajstić information content (AvgIpc) is 2.78. The highest BCUT2D eigenvalue weighted by molar-refractivity contribution is 9.09. The number of halogens is 1. The maximum atomic E-state index is 7.37. The monoisotopic (exact) mass is 492 g/mol. The van der Waals surface area contributed by atoms with Crippen molar-refractivity contribution >= 4 is 43.2 Å². The van der Waals surface area contributed by atoms with Gasteiger partial charge in [-0.15, -0.1) is 0 Å². The highest BCUT2D eigenvalue weighted by atomic mass is 79.9. The normalized spacial score (nSPS) is 13.4. The van der Waals surface area contributed by atoms with Crippen molar-refractivity contribution in [2.24, 2.45) is 0 Å². The molecule has 0 aliphatic heterocycles. The molecule has 2 aromatic carbocycles. The topological polar surface area (TPSA) is 18.5 Å². The van der Waals surface area contributed by atoms with Gasteiger partial charge in [0.05, 0.1) is 0 Å². The average molecular weight is 494 g/mol. The van der Waals surface area contributed by atoms with E-state index in [1.807, 2.05) is 0 Å². The van der Waals surface area contributed by atoms with Crippen molar-refractivity contribution < 1.29 is 8.54 Å². The molecule has 0 aromatic heterocycles. The minimum Gasteiger partial charge on any atom is -0.429 e. The predicted molar refractivity (Wildman–Crippen MR) is 134 cm³/mol. The van der Waals surface area contributed by atoms with Crippen LogP contribution in [0.15, 0.2) is 60.7 Å². The van der Waals surface area contributed by atoms with Gasteiger partial charge in [0.25, 0.3) is 0 Å². The van der Waals surface area contributed by atoms with Crippen LogP contribution in [0.5, 0.6) is 0 Å². The Morgan fingerprint density at radius 1 is 0.793 bits per heavy atom. The Morgan fingerprint density at radius 3 is 1.69 bits per heavy atom. The first kappa shape index (κ1) is 24.5. The van der Waals surface area contributed by atoms with Gasteiger partial charge in [-0.3, -0.25) is 0 Å². The zero-order chi connectivity index (χ0) is 21.2. The molecule has 0 spiro atoms.